The standard InChI is InChI=1S/C17H26N2O/c1-20-15-9-7-14(8-10-15)19-17-12-18-11-16(17)13-5-3-2-4-6-13/h2-3,11-15,17,19H,4-10H2,1H3. The van der Waals surface area contributed by atoms with Gasteiger partial charge in [0, 0.05) is 25.6 Å². The first-order chi connectivity index (χ1) is 9.86. The Balaban J connectivity index is 1.53. The first kappa shape index (κ1) is 14.0. The lowest BCUT2D eigenvalue weighted by Crippen LogP contribution is -2.43. The maximum absolute atomic E-state index is 5.45. The molecular formula is C17H26N2O. The number of allylic oxidation sites excluding steroid dienone is 2. The Morgan fingerprint density at radius 1 is 1.15 bits per heavy atom. The molecule has 0 saturated heterocycles. The molecule has 1 saturated carbocycles. The number of ether oxygens (including phenoxy) is 1. The predicted octanol–water partition coefficient (Wildman–Crippen LogP) is 3.23. The van der Waals surface area contributed by atoms with Gasteiger partial charge in [-0.2, -0.15) is 0 Å². The lowest BCUT2D eigenvalue weighted by molar-refractivity contribution is 0.0623. The molecule has 2 unspecified atom stereocenters. The van der Waals surface area contributed by atoms with Gasteiger partial charge < -0.3 is 10.1 Å². The van der Waals surface area contributed by atoms with E-state index in [0.717, 1.165) is 0 Å². The first-order valence-electron chi connectivity index (χ1n) is 8.04. The summed E-state index contributed by atoms with van der Waals surface area (Å²) in [6, 6.07) is 0.995. The molecule has 0 spiro atoms. The van der Waals surface area contributed by atoms with Crippen molar-refractivity contribution in [3.8, 4) is 0 Å². The molecule has 3 heteroatoms. The van der Waals surface area contributed by atoms with E-state index in [1.165, 1.54) is 50.5 Å². The summed E-state index contributed by atoms with van der Waals surface area (Å²) < 4.78 is 5.45. The molecule has 0 bridgehead atoms. The van der Waals surface area contributed by atoms with Gasteiger partial charge in [0.05, 0.1) is 12.1 Å². The van der Waals surface area contributed by atoms with Gasteiger partial charge in [0.1, 0.15) is 0 Å². The highest BCUT2D eigenvalue weighted by Crippen LogP contribution is 2.30. The van der Waals surface area contributed by atoms with Crippen LogP contribution >= 0.6 is 0 Å². The Labute approximate surface area is 122 Å². The molecule has 2 atom stereocenters. The monoisotopic (exact) mass is 274 g/mol. The zero-order chi connectivity index (χ0) is 13.8. The number of hydrogen-bond donors (Lipinski definition) is 1. The molecule has 0 aromatic rings. The third kappa shape index (κ3) is 3.21. The predicted molar refractivity (Wildman–Crippen MR) is 83.0 cm³/mol. The Kier molecular flexibility index (Phi) is 4.69. The SMILES string of the molecule is COC1CCC(NC2C=NC=C2C2CC=CCC2)CC1. The third-order valence-corrected chi connectivity index (χ3v) is 4.98. The van der Waals surface area contributed by atoms with Gasteiger partial charge in [0.2, 0.25) is 0 Å². The topological polar surface area (TPSA) is 33.6 Å². The van der Waals surface area contributed by atoms with E-state index in [2.05, 4.69) is 34.9 Å². The Bertz CT molecular complexity index is 405. The normalized spacial score (nSPS) is 37.1. The van der Waals surface area contributed by atoms with E-state index in [9.17, 15) is 0 Å². The highest BCUT2D eigenvalue weighted by atomic mass is 16.5. The quantitative estimate of drug-likeness (QED) is 0.799. The zero-order valence-electron chi connectivity index (χ0n) is 12.4. The number of hydrogen-bond acceptors (Lipinski definition) is 3. The zero-order valence-corrected chi connectivity index (χ0v) is 12.4. The molecule has 1 aliphatic heterocycles. The van der Waals surface area contributed by atoms with Crippen molar-refractivity contribution >= 4 is 6.21 Å². The van der Waals surface area contributed by atoms with Crippen LogP contribution < -0.4 is 5.32 Å². The molecule has 3 aliphatic rings. The number of methoxy groups -OCH3 is 1. The van der Waals surface area contributed by atoms with Crippen molar-refractivity contribution < 1.29 is 4.74 Å². The summed E-state index contributed by atoms with van der Waals surface area (Å²) in [6.45, 7) is 0. The molecule has 110 valence electrons. The van der Waals surface area contributed by atoms with Crippen LogP contribution in [0.1, 0.15) is 44.9 Å². The Morgan fingerprint density at radius 2 is 2.00 bits per heavy atom. The second kappa shape index (κ2) is 6.68. The molecule has 0 radical (unpaired) electrons. The molecule has 1 fully saturated rings. The fraction of sp³-hybridized carbons (Fsp3) is 0.706. The minimum absolute atomic E-state index is 0.371. The van der Waals surface area contributed by atoms with Gasteiger partial charge >= 0.3 is 0 Å². The molecular weight excluding hydrogens is 248 g/mol. The molecule has 0 amide bonds. The average molecular weight is 274 g/mol. The maximum atomic E-state index is 5.45. The Hall–Kier alpha value is -0.930. The minimum Gasteiger partial charge on any atom is -0.381 e. The first-order valence-corrected chi connectivity index (χ1v) is 8.04. The molecule has 20 heavy (non-hydrogen) atoms. The van der Waals surface area contributed by atoms with Crippen LogP contribution in [0.25, 0.3) is 0 Å². The number of nitrogens with one attached hydrogen (secondary N) is 1. The van der Waals surface area contributed by atoms with E-state index in [0.29, 0.717) is 24.1 Å². The van der Waals surface area contributed by atoms with Crippen LogP contribution in [-0.4, -0.2) is 31.5 Å². The van der Waals surface area contributed by atoms with Crippen molar-refractivity contribution in [2.75, 3.05) is 7.11 Å². The minimum atomic E-state index is 0.371. The molecule has 0 aromatic carbocycles. The van der Waals surface area contributed by atoms with Crippen molar-refractivity contribution in [2.24, 2.45) is 10.9 Å². The van der Waals surface area contributed by atoms with E-state index in [4.69, 9.17) is 4.74 Å². The third-order valence-electron chi connectivity index (χ3n) is 4.98. The molecule has 1 N–H and O–H groups in total. The summed E-state index contributed by atoms with van der Waals surface area (Å²) >= 11 is 0. The fourth-order valence-electron chi connectivity index (χ4n) is 3.70. The van der Waals surface area contributed by atoms with Crippen LogP contribution in [0.15, 0.2) is 28.9 Å². The molecule has 3 rings (SSSR count). The van der Waals surface area contributed by atoms with Crippen LogP contribution in [0.3, 0.4) is 0 Å². The molecule has 2 aliphatic carbocycles. The van der Waals surface area contributed by atoms with Gasteiger partial charge in [-0.25, -0.2) is 0 Å². The van der Waals surface area contributed by atoms with E-state index >= 15 is 0 Å². The summed E-state index contributed by atoms with van der Waals surface area (Å²) in [5.41, 5.74) is 1.50. The van der Waals surface area contributed by atoms with Crippen molar-refractivity contribution in [3.63, 3.8) is 0 Å². The van der Waals surface area contributed by atoms with Crippen molar-refractivity contribution in [3.05, 3.63) is 23.9 Å². The summed E-state index contributed by atoms with van der Waals surface area (Å²) in [5, 5.41) is 3.81. The second-order valence-corrected chi connectivity index (χ2v) is 6.26. The number of nitrogens with zero attached hydrogens (tertiary/aromatic N) is 1. The lowest BCUT2D eigenvalue weighted by Gasteiger charge is -2.32. The fourth-order valence-corrected chi connectivity index (χ4v) is 3.70. The largest absolute Gasteiger partial charge is 0.381 e. The van der Waals surface area contributed by atoms with Crippen molar-refractivity contribution in [2.45, 2.75) is 63.1 Å². The van der Waals surface area contributed by atoms with E-state index < -0.39 is 0 Å². The summed E-state index contributed by atoms with van der Waals surface area (Å²) in [4.78, 5) is 4.42. The molecule has 3 nitrogen and oxygen atoms in total. The van der Waals surface area contributed by atoms with Crippen LogP contribution in [0.5, 0.6) is 0 Å². The van der Waals surface area contributed by atoms with E-state index in [1.54, 1.807) is 0 Å². The number of aliphatic imine (C=N–C) groups is 1. The van der Waals surface area contributed by atoms with Crippen LogP contribution in [0.2, 0.25) is 0 Å². The van der Waals surface area contributed by atoms with Gasteiger partial charge in [0.25, 0.3) is 0 Å². The van der Waals surface area contributed by atoms with Gasteiger partial charge in [-0.3, -0.25) is 4.99 Å². The summed E-state index contributed by atoms with van der Waals surface area (Å²) in [6.07, 6.45) is 17.8. The summed E-state index contributed by atoms with van der Waals surface area (Å²) in [5.74, 6) is 0.690. The number of rotatable bonds is 4. The van der Waals surface area contributed by atoms with Crippen molar-refractivity contribution in [1.82, 2.24) is 5.32 Å². The molecule has 0 aromatic heterocycles. The van der Waals surface area contributed by atoms with Crippen LogP contribution in [0.4, 0.5) is 0 Å². The van der Waals surface area contributed by atoms with E-state index in [1.807, 2.05) is 7.11 Å². The summed E-state index contributed by atoms with van der Waals surface area (Å²) in [7, 11) is 1.83. The van der Waals surface area contributed by atoms with Gasteiger partial charge in [-0.15, -0.1) is 0 Å². The van der Waals surface area contributed by atoms with Crippen molar-refractivity contribution in [1.29, 1.82) is 0 Å². The van der Waals surface area contributed by atoms with Crippen LogP contribution in [0, 0.1) is 5.92 Å². The molecule has 1 heterocycles. The van der Waals surface area contributed by atoms with Gasteiger partial charge in [-0.05, 0) is 56.4 Å². The smallest absolute Gasteiger partial charge is 0.0663 e. The van der Waals surface area contributed by atoms with E-state index in [-0.39, 0.29) is 0 Å². The highest BCUT2D eigenvalue weighted by Gasteiger charge is 2.28. The highest BCUT2D eigenvalue weighted by molar-refractivity contribution is 5.73. The van der Waals surface area contributed by atoms with Gasteiger partial charge in [-0.1, -0.05) is 12.2 Å². The average Bonchev–Trinajstić information content (AvgIpc) is 2.97. The van der Waals surface area contributed by atoms with Crippen LogP contribution in [-0.2, 0) is 4.74 Å². The lowest BCUT2D eigenvalue weighted by atomic mass is 9.84. The van der Waals surface area contributed by atoms with Gasteiger partial charge in [0.15, 0.2) is 0 Å². The Morgan fingerprint density at radius 3 is 2.70 bits per heavy atom. The second-order valence-electron chi connectivity index (χ2n) is 6.26. The maximum Gasteiger partial charge on any atom is 0.0663 e.